The Morgan fingerprint density at radius 1 is 1.35 bits per heavy atom. The van der Waals surface area contributed by atoms with Gasteiger partial charge < -0.3 is 9.52 Å². The van der Waals surface area contributed by atoms with Gasteiger partial charge in [0.05, 0.1) is 0 Å². The molecule has 0 spiro atoms. The van der Waals surface area contributed by atoms with Gasteiger partial charge in [0.15, 0.2) is 0 Å². The topological polar surface area (TPSA) is 87.8 Å². The third-order valence-corrected chi connectivity index (χ3v) is 4.15. The zero-order chi connectivity index (χ0) is 12.5. The number of hydrogen-bond acceptors (Lipinski definition) is 4. The highest BCUT2D eigenvalue weighted by atomic mass is 32.2. The van der Waals surface area contributed by atoms with Gasteiger partial charge in [-0.15, -0.1) is 0 Å². The average molecular weight is 257 g/mol. The molecule has 0 unspecified atom stereocenters. The molecule has 0 aromatic carbocycles. The maximum absolute atomic E-state index is 12.0. The van der Waals surface area contributed by atoms with Crippen molar-refractivity contribution in [1.29, 1.82) is 0 Å². The summed E-state index contributed by atoms with van der Waals surface area (Å²) in [6.45, 7) is 0.660. The minimum atomic E-state index is -3.72. The summed E-state index contributed by atoms with van der Waals surface area (Å²) in [6, 6.07) is 2.30. The van der Waals surface area contributed by atoms with E-state index in [0.29, 0.717) is 13.0 Å². The van der Waals surface area contributed by atoms with Crippen molar-refractivity contribution in [3.63, 3.8) is 0 Å². The average Bonchev–Trinajstić information content (AvgIpc) is 2.80. The molecule has 0 saturated heterocycles. The number of sulfonamides is 1. The number of furan rings is 1. The second-order valence-corrected chi connectivity index (χ2v) is 5.42. The van der Waals surface area contributed by atoms with Gasteiger partial charge in [-0.1, -0.05) is 12.2 Å². The summed E-state index contributed by atoms with van der Waals surface area (Å²) in [7, 11) is -3.72. The molecule has 0 aliphatic carbocycles. The van der Waals surface area contributed by atoms with Gasteiger partial charge in [0.2, 0.25) is 10.9 Å². The van der Waals surface area contributed by atoms with E-state index in [1.165, 1.54) is 4.31 Å². The maximum Gasteiger partial charge on any atom is 0.371 e. The molecule has 0 saturated carbocycles. The molecular formula is C10H11NO5S. The molecule has 1 aromatic heterocycles. The SMILES string of the molecule is O=C(O)c1ccc(S(=O)(=O)N2CC=CCC2)o1. The second-order valence-electron chi connectivity index (χ2n) is 3.55. The predicted molar refractivity (Wildman–Crippen MR) is 58.2 cm³/mol. The first kappa shape index (κ1) is 11.9. The third kappa shape index (κ3) is 2.25. The Morgan fingerprint density at radius 2 is 2.12 bits per heavy atom. The van der Waals surface area contributed by atoms with Crippen LogP contribution in [0, 0.1) is 0 Å². The number of nitrogens with zero attached hydrogens (tertiary/aromatic N) is 1. The smallest absolute Gasteiger partial charge is 0.371 e. The van der Waals surface area contributed by atoms with Crippen LogP contribution in [0.2, 0.25) is 0 Å². The Bertz CT molecular complexity index is 557. The largest absolute Gasteiger partial charge is 0.475 e. The molecule has 1 N–H and O–H groups in total. The summed E-state index contributed by atoms with van der Waals surface area (Å²) >= 11 is 0. The van der Waals surface area contributed by atoms with Crippen LogP contribution in [-0.4, -0.2) is 36.9 Å². The molecular weight excluding hydrogens is 246 g/mol. The zero-order valence-corrected chi connectivity index (χ0v) is 9.68. The number of carboxylic acids is 1. The van der Waals surface area contributed by atoms with Crippen LogP contribution in [0.3, 0.4) is 0 Å². The van der Waals surface area contributed by atoms with Crippen molar-refractivity contribution in [3.05, 3.63) is 30.0 Å². The molecule has 0 amide bonds. The summed E-state index contributed by atoms with van der Waals surface area (Å²) in [4.78, 5) is 10.6. The standard InChI is InChI=1S/C10H11NO5S/c12-10(13)8-4-5-9(16-8)17(14,15)11-6-2-1-3-7-11/h1-2,4-5H,3,6-7H2,(H,12,13). The van der Waals surface area contributed by atoms with E-state index in [2.05, 4.69) is 0 Å². The van der Waals surface area contributed by atoms with E-state index < -0.39 is 16.0 Å². The van der Waals surface area contributed by atoms with Crippen LogP contribution in [0.15, 0.2) is 33.8 Å². The van der Waals surface area contributed by atoms with Crippen molar-refractivity contribution in [1.82, 2.24) is 4.31 Å². The van der Waals surface area contributed by atoms with E-state index in [1.54, 1.807) is 6.08 Å². The summed E-state index contributed by atoms with van der Waals surface area (Å²) in [6.07, 6.45) is 4.30. The molecule has 2 heterocycles. The fraction of sp³-hybridized carbons (Fsp3) is 0.300. The molecule has 92 valence electrons. The lowest BCUT2D eigenvalue weighted by Gasteiger charge is -2.21. The maximum atomic E-state index is 12.0. The summed E-state index contributed by atoms with van der Waals surface area (Å²) in [5.74, 6) is -1.67. The highest BCUT2D eigenvalue weighted by Gasteiger charge is 2.28. The summed E-state index contributed by atoms with van der Waals surface area (Å²) in [5, 5.41) is 8.33. The highest BCUT2D eigenvalue weighted by molar-refractivity contribution is 7.89. The number of hydrogen-bond donors (Lipinski definition) is 1. The third-order valence-electron chi connectivity index (χ3n) is 2.41. The van der Waals surface area contributed by atoms with Gasteiger partial charge in [0.25, 0.3) is 10.0 Å². The van der Waals surface area contributed by atoms with Crippen molar-refractivity contribution in [2.24, 2.45) is 0 Å². The Kier molecular flexibility index (Phi) is 3.03. The molecule has 0 bridgehead atoms. The molecule has 1 aromatic rings. The van der Waals surface area contributed by atoms with Crippen molar-refractivity contribution in [2.45, 2.75) is 11.5 Å². The Hall–Kier alpha value is -1.60. The van der Waals surface area contributed by atoms with Gasteiger partial charge in [-0.25, -0.2) is 13.2 Å². The monoisotopic (exact) mass is 257 g/mol. The van der Waals surface area contributed by atoms with Gasteiger partial charge in [-0.2, -0.15) is 4.31 Å². The first-order valence-electron chi connectivity index (χ1n) is 5.00. The molecule has 0 radical (unpaired) electrons. The first-order chi connectivity index (χ1) is 8.01. The lowest BCUT2D eigenvalue weighted by atomic mass is 10.3. The minimum Gasteiger partial charge on any atom is -0.475 e. The van der Waals surface area contributed by atoms with Gasteiger partial charge in [-0.05, 0) is 18.6 Å². The molecule has 17 heavy (non-hydrogen) atoms. The van der Waals surface area contributed by atoms with E-state index in [1.807, 2.05) is 6.08 Å². The van der Waals surface area contributed by atoms with Crippen LogP contribution in [0.5, 0.6) is 0 Å². The van der Waals surface area contributed by atoms with Gasteiger partial charge in [0, 0.05) is 13.1 Å². The van der Waals surface area contributed by atoms with Gasteiger partial charge in [-0.3, -0.25) is 0 Å². The molecule has 1 aliphatic rings. The highest BCUT2D eigenvalue weighted by Crippen LogP contribution is 2.20. The zero-order valence-electron chi connectivity index (χ0n) is 8.87. The van der Waals surface area contributed by atoms with Crippen LogP contribution in [0.4, 0.5) is 0 Å². The Labute approximate surface area is 98.2 Å². The lowest BCUT2D eigenvalue weighted by molar-refractivity contribution is 0.0656. The molecule has 6 nitrogen and oxygen atoms in total. The van der Waals surface area contributed by atoms with Crippen molar-refractivity contribution < 1.29 is 22.7 Å². The fourth-order valence-corrected chi connectivity index (χ4v) is 2.86. The lowest BCUT2D eigenvalue weighted by Crippen LogP contribution is -2.33. The van der Waals surface area contributed by atoms with Crippen LogP contribution >= 0.6 is 0 Å². The second kappa shape index (κ2) is 4.34. The number of aromatic carboxylic acids is 1. The van der Waals surface area contributed by atoms with Crippen molar-refractivity contribution >= 4 is 16.0 Å². The van der Waals surface area contributed by atoms with E-state index in [9.17, 15) is 13.2 Å². The summed E-state index contributed by atoms with van der Waals surface area (Å²) in [5.41, 5.74) is 0. The molecule has 0 atom stereocenters. The van der Waals surface area contributed by atoms with E-state index >= 15 is 0 Å². The number of carbonyl (C=O) groups is 1. The van der Waals surface area contributed by atoms with Crippen LogP contribution < -0.4 is 0 Å². The Balaban J connectivity index is 2.30. The van der Waals surface area contributed by atoms with Crippen LogP contribution in [0.25, 0.3) is 0 Å². The van der Waals surface area contributed by atoms with Gasteiger partial charge in [0.1, 0.15) is 0 Å². The molecule has 7 heteroatoms. The van der Waals surface area contributed by atoms with Crippen LogP contribution in [0.1, 0.15) is 17.0 Å². The minimum absolute atomic E-state index is 0.283. The van der Waals surface area contributed by atoms with Gasteiger partial charge >= 0.3 is 5.97 Å². The van der Waals surface area contributed by atoms with Crippen molar-refractivity contribution in [3.8, 4) is 0 Å². The van der Waals surface area contributed by atoms with Crippen LogP contribution in [-0.2, 0) is 10.0 Å². The van der Waals surface area contributed by atoms with E-state index in [4.69, 9.17) is 9.52 Å². The van der Waals surface area contributed by atoms with E-state index in [-0.39, 0.29) is 17.4 Å². The normalized spacial score (nSPS) is 17.2. The number of rotatable bonds is 3. The predicted octanol–water partition coefficient (Wildman–Crippen LogP) is 0.928. The molecule has 1 aliphatic heterocycles. The molecule has 2 rings (SSSR count). The fourth-order valence-electron chi connectivity index (χ4n) is 1.54. The summed E-state index contributed by atoms with van der Waals surface area (Å²) < 4.78 is 30.1. The molecule has 0 fully saturated rings. The van der Waals surface area contributed by atoms with E-state index in [0.717, 1.165) is 12.1 Å². The first-order valence-corrected chi connectivity index (χ1v) is 6.44. The Morgan fingerprint density at radius 3 is 2.65 bits per heavy atom. The quantitative estimate of drug-likeness (QED) is 0.814. The number of carboxylic acid groups (broad SMARTS) is 1. The van der Waals surface area contributed by atoms with Crippen molar-refractivity contribution in [2.75, 3.05) is 13.1 Å².